The van der Waals surface area contributed by atoms with Crippen LogP contribution in [0.1, 0.15) is 30.9 Å². The van der Waals surface area contributed by atoms with Crippen molar-refractivity contribution in [2.45, 2.75) is 26.7 Å². The fraction of sp³-hybridized carbons (Fsp3) is 0.125. The second kappa shape index (κ2) is 11.4. The molecule has 0 saturated carbocycles. The largest absolute Gasteiger partial charge is 0.500 e. The SMILES string of the molecule is CC(C)c1c[c-]c(-c2ccccn2)cc1.Cc1cccc2c1oc1c(-c3ccccn3)[c-]ccc12.[Ir]. The van der Waals surface area contributed by atoms with E-state index in [2.05, 4.69) is 79.3 Å². The number of benzene rings is 3. The summed E-state index contributed by atoms with van der Waals surface area (Å²) in [6.07, 6.45) is 3.59. The first-order valence-corrected chi connectivity index (χ1v) is 11.8. The molecule has 0 atom stereocenters. The fourth-order valence-corrected chi connectivity index (χ4v) is 4.08. The van der Waals surface area contributed by atoms with Gasteiger partial charge in [0.1, 0.15) is 5.58 Å². The summed E-state index contributed by atoms with van der Waals surface area (Å²) in [6.45, 7) is 6.43. The Kier molecular flexibility index (Phi) is 8.10. The average molecular weight is 647 g/mol. The van der Waals surface area contributed by atoms with Crippen molar-refractivity contribution < 1.29 is 24.5 Å². The number of fused-ring (bicyclic) bond motifs is 3. The van der Waals surface area contributed by atoms with Crippen LogP contribution in [0.3, 0.4) is 0 Å². The number of nitrogens with zero attached hydrogens (tertiary/aromatic N) is 2. The predicted octanol–water partition coefficient (Wildman–Crippen LogP) is 8.43. The first-order chi connectivity index (χ1) is 17.1. The van der Waals surface area contributed by atoms with Gasteiger partial charge in [0.15, 0.2) is 0 Å². The maximum atomic E-state index is 6.10. The van der Waals surface area contributed by atoms with Crippen molar-refractivity contribution in [1.29, 1.82) is 0 Å². The first kappa shape index (κ1) is 25.5. The summed E-state index contributed by atoms with van der Waals surface area (Å²) >= 11 is 0. The molecule has 3 aromatic heterocycles. The number of furan rings is 1. The molecule has 1 radical (unpaired) electrons. The molecule has 6 aromatic rings. The van der Waals surface area contributed by atoms with Crippen LogP contribution in [-0.2, 0) is 20.1 Å². The molecule has 0 fully saturated rings. The van der Waals surface area contributed by atoms with Gasteiger partial charge in [-0.1, -0.05) is 73.2 Å². The van der Waals surface area contributed by atoms with Gasteiger partial charge in [0, 0.05) is 37.9 Å². The number of pyridine rings is 2. The van der Waals surface area contributed by atoms with Crippen LogP contribution in [0.4, 0.5) is 0 Å². The van der Waals surface area contributed by atoms with Gasteiger partial charge < -0.3 is 14.4 Å². The van der Waals surface area contributed by atoms with E-state index in [0.717, 1.165) is 50.0 Å². The number of aryl methyl sites for hydroxylation is 1. The molecule has 0 spiro atoms. The molecule has 181 valence electrons. The molecule has 3 aromatic carbocycles. The van der Waals surface area contributed by atoms with Gasteiger partial charge in [-0.15, -0.1) is 53.6 Å². The topological polar surface area (TPSA) is 38.9 Å². The fourth-order valence-electron chi connectivity index (χ4n) is 4.08. The number of aromatic nitrogens is 2. The van der Waals surface area contributed by atoms with Crippen LogP contribution < -0.4 is 0 Å². The Hall–Kier alpha value is -3.59. The minimum Gasteiger partial charge on any atom is -0.500 e. The van der Waals surface area contributed by atoms with Gasteiger partial charge >= 0.3 is 0 Å². The van der Waals surface area contributed by atoms with E-state index in [-0.39, 0.29) is 20.1 Å². The Labute approximate surface area is 225 Å². The van der Waals surface area contributed by atoms with E-state index in [4.69, 9.17) is 4.42 Å². The molecule has 0 bridgehead atoms. The Morgan fingerprint density at radius 1 is 0.722 bits per heavy atom. The monoisotopic (exact) mass is 647 g/mol. The number of hydrogen-bond donors (Lipinski definition) is 0. The van der Waals surface area contributed by atoms with Crippen LogP contribution in [0.15, 0.2) is 102 Å². The summed E-state index contributed by atoms with van der Waals surface area (Å²) in [7, 11) is 0. The van der Waals surface area contributed by atoms with Crippen LogP contribution in [0.25, 0.3) is 44.5 Å². The van der Waals surface area contributed by atoms with Gasteiger partial charge in [0.2, 0.25) is 0 Å². The molecule has 3 heterocycles. The number of para-hydroxylation sites is 1. The van der Waals surface area contributed by atoms with Gasteiger partial charge in [-0.25, -0.2) is 0 Å². The second-order valence-electron chi connectivity index (χ2n) is 8.77. The Morgan fingerprint density at radius 3 is 2.08 bits per heavy atom. The zero-order valence-electron chi connectivity index (χ0n) is 20.5. The van der Waals surface area contributed by atoms with E-state index in [1.807, 2.05) is 48.5 Å². The zero-order chi connectivity index (χ0) is 24.2. The molecular formula is C32H26IrN2O-2. The average Bonchev–Trinajstić information content (AvgIpc) is 3.30. The summed E-state index contributed by atoms with van der Waals surface area (Å²) in [6, 6.07) is 34.8. The molecule has 4 heteroatoms. The van der Waals surface area contributed by atoms with Crippen LogP contribution in [-0.4, -0.2) is 9.97 Å². The van der Waals surface area contributed by atoms with E-state index >= 15 is 0 Å². The molecule has 0 aliphatic heterocycles. The predicted molar refractivity (Wildman–Crippen MR) is 143 cm³/mol. The molecule has 0 unspecified atom stereocenters. The summed E-state index contributed by atoms with van der Waals surface area (Å²) < 4.78 is 6.10. The maximum absolute atomic E-state index is 6.10. The second-order valence-corrected chi connectivity index (χ2v) is 8.77. The van der Waals surface area contributed by atoms with E-state index < -0.39 is 0 Å². The molecule has 0 aliphatic rings. The minimum atomic E-state index is 0. The van der Waals surface area contributed by atoms with Crippen LogP contribution >= 0.6 is 0 Å². The molecule has 36 heavy (non-hydrogen) atoms. The van der Waals surface area contributed by atoms with Crippen LogP contribution in [0.5, 0.6) is 0 Å². The normalized spacial score (nSPS) is 10.7. The third-order valence-corrected chi connectivity index (χ3v) is 6.02. The summed E-state index contributed by atoms with van der Waals surface area (Å²) in [5.74, 6) is 0.555. The maximum Gasteiger partial charge on any atom is 0.123 e. The van der Waals surface area contributed by atoms with Crippen molar-refractivity contribution in [2.24, 2.45) is 0 Å². The molecule has 0 N–H and O–H groups in total. The third kappa shape index (κ3) is 5.31. The Balaban J connectivity index is 0.000000172. The standard InChI is InChI=1S/C18H12NO.C14H14N.Ir/c1-12-6-4-7-13-14-8-5-9-15(18(14)20-17(12)13)16-10-2-3-11-19-16;1-11(2)12-6-8-13(9-7-12)14-5-3-4-10-15-14;/h2-8,10-11H,1H3;3-8,10-11H,1-2H3;/q2*-1;. The van der Waals surface area contributed by atoms with E-state index in [0.29, 0.717) is 5.92 Å². The Morgan fingerprint density at radius 2 is 1.44 bits per heavy atom. The van der Waals surface area contributed by atoms with E-state index in [9.17, 15) is 0 Å². The summed E-state index contributed by atoms with van der Waals surface area (Å²) in [4.78, 5) is 8.69. The van der Waals surface area contributed by atoms with Crippen molar-refractivity contribution in [3.8, 4) is 22.5 Å². The van der Waals surface area contributed by atoms with Crippen molar-refractivity contribution in [3.05, 3.63) is 121 Å². The van der Waals surface area contributed by atoms with E-state index in [1.54, 1.807) is 12.4 Å². The van der Waals surface area contributed by atoms with Crippen molar-refractivity contribution in [2.75, 3.05) is 0 Å². The smallest absolute Gasteiger partial charge is 0.123 e. The summed E-state index contributed by atoms with van der Waals surface area (Å²) in [5, 5.41) is 2.26. The van der Waals surface area contributed by atoms with Gasteiger partial charge in [-0.05, 0) is 36.0 Å². The van der Waals surface area contributed by atoms with Gasteiger partial charge in [-0.3, -0.25) is 0 Å². The van der Waals surface area contributed by atoms with Crippen molar-refractivity contribution in [3.63, 3.8) is 0 Å². The molecular weight excluding hydrogens is 621 g/mol. The molecule has 6 rings (SSSR count). The zero-order valence-corrected chi connectivity index (χ0v) is 22.8. The van der Waals surface area contributed by atoms with Crippen LogP contribution in [0, 0.1) is 19.1 Å². The van der Waals surface area contributed by atoms with Gasteiger partial charge in [-0.2, -0.15) is 0 Å². The van der Waals surface area contributed by atoms with Gasteiger partial charge in [0.25, 0.3) is 0 Å². The number of hydrogen-bond acceptors (Lipinski definition) is 3. The van der Waals surface area contributed by atoms with Crippen LogP contribution in [0.2, 0.25) is 0 Å². The molecule has 0 aliphatic carbocycles. The molecule has 3 nitrogen and oxygen atoms in total. The molecule has 0 amide bonds. The Bertz CT molecular complexity index is 1560. The summed E-state index contributed by atoms with van der Waals surface area (Å²) in [5.41, 5.74) is 8.09. The third-order valence-electron chi connectivity index (χ3n) is 6.02. The minimum absolute atomic E-state index is 0. The van der Waals surface area contributed by atoms with Crippen molar-refractivity contribution >= 4 is 21.9 Å². The first-order valence-electron chi connectivity index (χ1n) is 11.8. The van der Waals surface area contributed by atoms with E-state index in [1.165, 1.54) is 5.56 Å². The van der Waals surface area contributed by atoms with Gasteiger partial charge in [0.05, 0.1) is 5.58 Å². The van der Waals surface area contributed by atoms with Crippen molar-refractivity contribution in [1.82, 2.24) is 9.97 Å². The molecule has 0 saturated heterocycles. The quantitative estimate of drug-likeness (QED) is 0.181. The number of rotatable bonds is 3.